The molecule has 1 heterocycles. The van der Waals surface area contributed by atoms with E-state index in [0.717, 1.165) is 0 Å². The summed E-state index contributed by atoms with van der Waals surface area (Å²) < 4.78 is 2.06. The van der Waals surface area contributed by atoms with Crippen LogP contribution in [0.25, 0.3) is 0 Å². The summed E-state index contributed by atoms with van der Waals surface area (Å²) in [5.41, 5.74) is 0. The molecule has 0 aliphatic rings. The first kappa shape index (κ1) is 9.30. The summed E-state index contributed by atoms with van der Waals surface area (Å²) >= 11 is 0. The molecule has 0 amide bonds. The van der Waals surface area contributed by atoms with Crippen LogP contribution >= 0.6 is 0 Å². The minimum Gasteiger partial charge on any atom is -0.269 e. The van der Waals surface area contributed by atoms with Gasteiger partial charge in [-0.2, -0.15) is 5.10 Å². The summed E-state index contributed by atoms with van der Waals surface area (Å²) in [4.78, 5) is 0. The van der Waals surface area contributed by atoms with Crippen LogP contribution in [0.15, 0.2) is 18.5 Å². The molecule has 0 fully saturated rings. The van der Waals surface area contributed by atoms with Gasteiger partial charge in [-0.15, -0.1) is 0 Å². The van der Waals surface area contributed by atoms with Gasteiger partial charge in [0.25, 0.3) is 0 Å². The zero-order chi connectivity index (χ0) is 9.14. The third-order valence-electron chi connectivity index (χ3n) is 2.20. The van der Waals surface area contributed by atoms with Crippen molar-refractivity contribution in [3.63, 3.8) is 0 Å². The fourth-order valence-corrected chi connectivity index (χ4v) is 1.84. The van der Waals surface area contributed by atoms with Crippen LogP contribution in [-0.2, 0) is 0 Å². The lowest BCUT2D eigenvalue weighted by Crippen LogP contribution is -2.21. The quantitative estimate of drug-likeness (QED) is 0.675. The third-order valence-corrected chi connectivity index (χ3v) is 2.20. The molecular formula is C10H18N2. The van der Waals surface area contributed by atoms with Crippen LogP contribution in [0.3, 0.4) is 0 Å². The van der Waals surface area contributed by atoms with Crippen LogP contribution in [0.4, 0.5) is 0 Å². The van der Waals surface area contributed by atoms with E-state index in [1.165, 1.54) is 0 Å². The van der Waals surface area contributed by atoms with Crippen molar-refractivity contribution in [1.82, 2.24) is 9.78 Å². The molecule has 2 heteroatoms. The van der Waals surface area contributed by atoms with Gasteiger partial charge in [-0.25, -0.2) is 0 Å². The summed E-state index contributed by atoms with van der Waals surface area (Å²) in [7, 11) is 0. The second-order valence-electron chi connectivity index (χ2n) is 3.96. The van der Waals surface area contributed by atoms with Gasteiger partial charge in [0.1, 0.15) is 0 Å². The Balaban J connectivity index is 2.81. The van der Waals surface area contributed by atoms with E-state index >= 15 is 0 Å². The van der Waals surface area contributed by atoms with Crippen LogP contribution in [0.2, 0.25) is 0 Å². The molecule has 1 aromatic rings. The highest BCUT2D eigenvalue weighted by atomic mass is 15.3. The fourth-order valence-electron chi connectivity index (χ4n) is 1.84. The van der Waals surface area contributed by atoms with E-state index in [4.69, 9.17) is 0 Å². The molecule has 0 radical (unpaired) electrons. The molecule has 0 N–H and O–H groups in total. The Bertz CT molecular complexity index is 204. The van der Waals surface area contributed by atoms with Gasteiger partial charge in [-0.3, -0.25) is 4.68 Å². The largest absolute Gasteiger partial charge is 0.269 e. The smallest absolute Gasteiger partial charge is 0.0564 e. The van der Waals surface area contributed by atoms with Crippen LogP contribution in [0.5, 0.6) is 0 Å². The molecule has 0 aromatic carbocycles. The van der Waals surface area contributed by atoms with E-state index in [1.54, 1.807) is 0 Å². The Morgan fingerprint density at radius 1 is 1.08 bits per heavy atom. The second-order valence-corrected chi connectivity index (χ2v) is 3.96. The van der Waals surface area contributed by atoms with Crippen molar-refractivity contribution >= 4 is 0 Å². The number of aromatic nitrogens is 2. The van der Waals surface area contributed by atoms with Crippen molar-refractivity contribution in [2.75, 3.05) is 0 Å². The van der Waals surface area contributed by atoms with E-state index < -0.39 is 0 Å². The predicted octanol–water partition coefficient (Wildman–Crippen LogP) is 2.74. The molecule has 0 saturated carbocycles. The number of hydrogen-bond donors (Lipinski definition) is 0. The standard InChI is InChI=1S/C10H18N2/c1-8(2)10(9(3)4)12-7-5-6-11-12/h5-10H,1-4H3. The lowest BCUT2D eigenvalue weighted by atomic mass is 9.93. The summed E-state index contributed by atoms with van der Waals surface area (Å²) in [6, 6.07) is 2.51. The van der Waals surface area contributed by atoms with Crippen molar-refractivity contribution in [3.8, 4) is 0 Å². The average molecular weight is 166 g/mol. The van der Waals surface area contributed by atoms with Gasteiger partial charge in [0.2, 0.25) is 0 Å². The van der Waals surface area contributed by atoms with Crippen LogP contribution < -0.4 is 0 Å². The van der Waals surface area contributed by atoms with E-state index in [2.05, 4.69) is 37.5 Å². The zero-order valence-corrected chi connectivity index (χ0v) is 8.36. The molecular weight excluding hydrogens is 148 g/mol. The zero-order valence-electron chi connectivity index (χ0n) is 8.36. The van der Waals surface area contributed by atoms with Crippen molar-refractivity contribution in [2.45, 2.75) is 33.7 Å². The summed E-state index contributed by atoms with van der Waals surface area (Å²) in [6.07, 6.45) is 3.89. The highest BCUT2D eigenvalue weighted by molar-refractivity contribution is 4.83. The molecule has 12 heavy (non-hydrogen) atoms. The van der Waals surface area contributed by atoms with E-state index in [9.17, 15) is 0 Å². The van der Waals surface area contributed by atoms with Crippen molar-refractivity contribution in [1.29, 1.82) is 0 Å². The normalized spacial score (nSPS) is 11.9. The van der Waals surface area contributed by atoms with Crippen LogP contribution in [0.1, 0.15) is 33.7 Å². The van der Waals surface area contributed by atoms with Crippen molar-refractivity contribution in [2.24, 2.45) is 11.8 Å². The topological polar surface area (TPSA) is 17.8 Å². The molecule has 68 valence electrons. The molecule has 1 aromatic heterocycles. The maximum Gasteiger partial charge on any atom is 0.0564 e. The minimum absolute atomic E-state index is 0.528. The highest BCUT2D eigenvalue weighted by Gasteiger charge is 2.18. The third kappa shape index (κ3) is 1.87. The first-order valence-corrected chi connectivity index (χ1v) is 4.62. The summed E-state index contributed by atoms with van der Waals surface area (Å²) in [5.74, 6) is 1.29. The molecule has 0 unspecified atom stereocenters. The fraction of sp³-hybridized carbons (Fsp3) is 0.700. The van der Waals surface area contributed by atoms with Gasteiger partial charge in [-0.05, 0) is 17.9 Å². The number of hydrogen-bond acceptors (Lipinski definition) is 1. The first-order valence-electron chi connectivity index (χ1n) is 4.62. The Labute approximate surface area is 74.6 Å². The Kier molecular flexibility index (Phi) is 2.90. The number of nitrogens with zero attached hydrogens (tertiary/aromatic N) is 2. The molecule has 0 aliphatic carbocycles. The average Bonchev–Trinajstić information content (AvgIpc) is 2.37. The van der Waals surface area contributed by atoms with Crippen LogP contribution in [0, 0.1) is 11.8 Å². The van der Waals surface area contributed by atoms with Gasteiger partial charge >= 0.3 is 0 Å². The molecule has 0 spiro atoms. The molecule has 0 aliphatic heterocycles. The van der Waals surface area contributed by atoms with Gasteiger partial charge < -0.3 is 0 Å². The maximum atomic E-state index is 4.28. The Morgan fingerprint density at radius 3 is 2.00 bits per heavy atom. The highest BCUT2D eigenvalue weighted by Crippen LogP contribution is 2.24. The minimum atomic E-state index is 0.528. The lowest BCUT2D eigenvalue weighted by Gasteiger charge is -2.25. The predicted molar refractivity (Wildman–Crippen MR) is 50.9 cm³/mol. The Hall–Kier alpha value is -0.790. The van der Waals surface area contributed by atoms with E-state index in [0.29, 0.717) is 17.9 Å². The maximum absolute atomic E-state index is 4.28. The molecule has 2 nitrogen and oxygen atoms in total. The van der Waals surface area contributed by atoms with Gasteiger partial charge in [0.05, 0.1) is 6.04 Å². The first-order chi connectivity index (χ1) is 5.63. The van der Waals surface area contributed by atoms with Gasteiger partial charge in [-0.1, -0.05) is 27.7 Å². The van der Waals surface area contributed by atoms with E-state index in [-0.39, 0.29) is 0 Å². The summed E-state index contributed by atoms with van der Waals surface area (Å²) in [5, 5.41) is 4.28. The lowest BCUT2D eigenvalue weighted by molar-refractivity contribution is 0.265. The molecule has 0 atom stereocenters. The molecule has 1 rings (SSSR count). The van der Waals surface area contributed by atoms with E-state index in [1.807, 2.05) is 18.5 Å². The molecule has 0 saturated heterocycles. The molecule has 0 bridgehead atoms. The SMILES string of the molecule is CC(C)C(C(C)C)n1cccn1. The van der Waals surface area contributed by atoms with Crippen molar-refractivity contribution < 1.29 is 0 Å². The van der Waals surface area contributed by atoms with Crippen molar-refractivity contribution in [3.05, 3.63) is 18.5 Å². The number of rotatable bonds is 3. The van der Waals surface area contributed by atoms with Gasteiger partial charge in [0.15, 0.2) is 0 Å². The monoisotopic (exact) mass is 166 g/mol. The second kappa shape index (κ2) is 3.74. The van der Waals surface area contributed by atoms with Gasteiger partial charge in [0, 0.05) is 12.4 Å². The Morgan fingerprint density at radius 2 is 1.67 bits per heavy atom. The summed E-state index contributed by atoms with van der Waals surface area (Å²) in [6.45, 7) is 8.97. The van der Waals surface area contributed by atoms with Crippen LogP contribution in [-0.4, -0.2) is 9.78 Å².